The van der Waals surface area contributed by atoms with Crippen molar-refractivity contribution < 1.29 is 0 Å². The fourth-order valence-corrected chi connectivity index (χ4v) is 9.92. The summed E-state index contributed by atoms with van der Waals surface area (Å²) >= 11 is 0. The molecule has 11 aromatic carbocycles. The Kier molecular flexibility index (Phi) is 8.22. The van der Waals surface area contributed by atoms with Crippen molar-refractivity contribution in [3.05, 3.63) is 224 Å². The smallest absolute Gasteiger partial charge is 0.164 e. The van der Waals surface area contributed by atoms with Crippen LogP contribution >= 0.6 is 0 Å². The molecule has 1 aliphatic rings. The van der Waals surface area contributed by atoms with Crippen LogP contribution in [0.15, 0.2) is 224 Å². The highest BCUT2D eigenvalue weighted by molar-refractivity contribution is 6.18. The average Bonchev–Trinajstić information content (AvgIpc) is 3.70. The zero-order valence-electron chi connectivity index (χ0n) is 34.7. The third-order valence-corrected chi connectivity index (χ3v) is 13.1. The van der Waals surface area contributed by atoms with Crippen LogP contribution in [0, 0.1) is 0 Å². The zero-order chi connectivity index (χ0) is 42.1. The molecule has 0 radical (unpaired) electrons. The van der Waals surface area contributed by atoms with E-state index < -0.39 is 0 Å². The second kappa shape index (κ2) is 14.5. The summed E-state index contributed by atoms with van der Waals surface area (Å²) in [4.78, 5) is 15.4. The molecular formula is C61H37N3. The molecule has 0 atom stereocenters. The quantitative estimate of drug-likeness (QED) is 0.168. The first-order chi connectivity index (χ1) is 31.7. The molecule has 13 rings (SSSR count). The van der Waals surface area contributed by atoms with Gasteiger partial charge in [-0.15, -0.1) is 0 Å². The Morgan fingerprint density at radius 2 is 0.625 bits per heavy atom. The molecule has 0 N–H and O–H groups in total. The van der Waals surface area contributed by atoms with E-state index in [-0.39, 0.29) is 0 Å². The molecule has 0 spiro atoms. The molecule has 0 saturated heterocycles. The summed E-state index contributed by atoms with van der Waals surface area (Å²) in [5.74, 6) is 1.92. The van der Waals surface area contributed by atoms with Crippen molar-refractivity contribution in [2.24, 2.45) is 0 Å². The van der Waals surface area contributed by atoms with E-state index in [4.69, 9.17) is 15.0 Å². The molecule has 1 aliphatic carbocycles. The monoisotopic (exact) mass is 811 g/mol. The molecular weight excluding hydrogens is 775 g/mol. The van der Waals surface area contributed by atoms with Crippen LogP contribution in [0.5, 0.6) is 0 Å². The summed E-state index contributed by atoms with van der Waals surface area (Å²) in [6, 6.07) is 80.8. The third kappa shape index (κ3) is 5.94. The number of fused-ring (bicyclic) bond motifs is 6. The predicted molar refractivity (Wildman–Crippen MR) is 267 cm³/mol. The largest absolute Gasteiger partial charge is 0.208 e. The Morgan fingerprint density at radius 3 is 1.27 bits per heavy atom. The summed E-state index contributed by atoms with van der Waals surface area (Å²) in [5, 5.41) is 9.71. The first-order valence-corrected chi connectivity index (χ1v) is 21.8. The van der Waals surface area contributed by atoms with E-state index in [0.29, 0.717) is 17.5 Å². The summed E-state index contributed by atoms with van der Waals surface area (Å²) in [6.45, 7) is 0. The average molecular weight is 812 g/mol. The maximum atomic E-state index is 5.13. The molecule has 3 nitrogen and oxygen atoms in total. The van der Waals surface area contributed by atoms with Gasteiger partial charge in [-0.1, -0.05) is 212 Å². The lowest BCUT2D eigenvalue weighted by Crippen LogP contribution is -2.00. The molecule has 12 aromatic rings. The van der Waals surface area contributed by atoms with Gasteiger partial charge in [-0.25, -0.2) is 15.0 Å². The minimum absolute atomic E-state index is 0.633. The fourth-order valence-electron chi connectivity index (χ4n) is 9.92. The Hall–Kier alpha value is -8.53. The summed E-state index contributed by atoms with van der Waals surface area (Å²) in [6.07, 6.45) is 0. The minimum Gasteiger partial charge on any atom is -0.208 e. The van der Waals surface area contributed by atoms with Crippen LogP contribution in [-0.4, -0.2) is 15.0 Å². The Morgan fingerprint density at radius 1 is 0.219 bits per heavy atom. The molecule has 1 heterocycles. The molecule has 296 valence electrons. The van der Waals surface area contributed by atoms with Gasteiger partial charge in [0.15, 0.2) is 17.5 Å². The third-order valence-electron chi connectivity index (χ3n) is 13.1. The molecule has 3 heteroatoms. The van der Waals surface area contributed by atoms with Gasteiger partial charge in [0, 0.05) is 16.7 Å². The minimum atomic E-state index is 0.633. The van der Waals surface area contributed by atoms with E-state index in [2.05, 4.69) is 224 Å². The first-order valence-electron chi connectivity index (χ1n) is 21.8. The Balaban J connectivity index is 0.899. The van der Waals surface area contributed by atoms with Gasteiger partial charge < -0.3 is 0 Å². The zero-order valence-corrected chi connectivity index (χ0v) is 34.7. The van der Waals surface area contributed by atoms with Gasteiger partial charge in [0.2, 0.25) is 0 Å². The van der Waals surface area contributed by atoms with Gasteiger partial charge in [-0.05, 0) is 111 Å². The highest BCUT2D eigenvalue weighted by atomic mass is 15.0. The van der Waals surface area contributed by atoms with Crippen LogP contribution in [0.25, 0.3) is 133 Å². The topological polar surface area (TPSA) is 38.7 Å². The fraction of sp³-hybridized carbons (Fsp3) is 0. The normalized spacial score (nSPS) is 11.8. The Labute approximate surface area is 370 Å². The number of nitrogens with zero attached hydrogens (tertiary/aromatic N) is 3. The summed E-state index contributed by atoms with van der Waals surface area (Å²) in [5.41, 5.74) is 15.2. The number of hydrogen-bond donors (Lipinski definition) is 0. The lowest BCUT2D eigenvalue weighted by Gasteiger charge is -2.16. The van der Waals surface area contributed by atoms with Gasteiger partial charge in [0.05, 0.1) is 0 Å². The molecule has 0 bridgehead atoms. The Bertz CT molecular complexity index is 3700. The van der Waals surface area contributed by atoms with E-state index in [0.717, 1.165) is 33.0 Å². The van der Waals surface area contributed by atoms with Crippen LogP contribution in [0.1, 0.15) is 0 Å². The lowest BCUT2D eigenvalue weighted by molar-refractivity contribution is 1.08. The SMILES string of the molecule is c1ccc2c(c1)-c1cccc3c(-c4ccc(-c5c(-c6ccc(-c7nc(-c8ccc9ccccc9c8)nc(-c8ccc9ccccc9c8)n7)cc6)ccc6ccccc56)cc4)ccc-2c13. The van der Waals surface area contributed by atoms with Crippen molar-refractivity contribution in [3.8, 4) is 89.8 Å². The highest BCUT2D eigenvalue weighted by Gasteiger charge is 2.23. The molecule has 0 saturated carbocycles. The molecule has 0 fully saturated rings. The van der Waals surface area contributed by atoms with E-state index in [1.165, 1.54) is 82.4 Å². The number of hydrogen-bond acceptors (Lipinski definition) is 3. The second-order valence-electron chi connectivity index (χ2n) is 16.7. The molecule has 0 amide bonds. The molecule has 64 heavy (non-hydrogen) atoms. The van der Waals surface area contributed by atoms with Crippen LogP contribution in [0.2, 0.25) is 0 Å². The van der Waals surface area contributed by atoms with Crippen molar-refractivity contribution >= 4 is 43.1 Å². The van der Waals surface area contributed by atoms with Crippen molar-refractivity contribution in [2.45, 2.75) is 0 Å². The van der Waals surface area contributed by atoms with Crippen molar-refractivity contribution in [2.75, 3.05) is 0 Å². The molecule has 0 aliphatic heterocycles. The van der Waals surface area contributed by atoms with Crippen LogP contribution < -0.4 is 0 Å². The summed E-state index contributed by atoms with van der Waals surface area (Å²) in [7, 11) is 0. The van der Waals surface area contributed by atoms with E-state index in [1.807, 2.05) is 0 Å². The van der Waals surface area contributed by atoms with Crippen molar-refractivity contribution in [3.63, 3.8) is 0 Å². The van der Waals surface area contributed by atoms with Crippen LogP contribution in [0.3, 0.4) is 0 Å². The van der Waals surface area contributed by atoms with Gasteiger partial charge in [0.1, 0.15) is 0 Å². The van der Waals surface area contributed by atoms with Crippen molar-refractivity contribution in [1.82, 2.24) is 15.0 Å². The van der Waals surface area contributed by atoms with Gasteiger partial charge in [-0.3, -0.25) is 0 Å². The van der Waals surface area contributed by atoms with E-state index >= 15 is 0 Å². The second-order valence-corrected chi connectivity index (χ2v) is 16.7. The summed E-state index contributed by atoms with van der Waals surface area (Å²) < 4.78 is 0. The number of aromatic nitrogens is 3. The van der Waals surface area contributed by atoms with E-state index in [9.17, 15) is 0 Å². The molecule has 0 unspecified atom stereocenters. The van der Waals surface area contributed by atoms with Crippen LogP contribution in [0.4, 0.5) is 0 Å². The van der Waals surface area contributed by atoms with Gasteiger partial charge >= 0.3 is 0 Å². The standard InChI is InChI=1S/C61H37N3/c1-3-13-45-36-47(30-20-38(45)10-1)60-62-59(63-61(64-60)48-31-21-39-11-2-4-14-46(39)37-48)44-28-24-42(25-29-44)51-33-32-40-12-5-6-15-50(40)57(51)43-26-22-41(23-27-43)49-34-35-56-53-17-8-7-16-52(53)55-19-9-18-54(49)58(55)56/h1-37H. The lowest BCUT2D eigenvalue weighted by atomic mass is 9.88. The first kappa shape index (κ1) is 36.2. The highest BCUT2D eigenvalue weighted by Crippen LogP contribution is 2.49. The van der Waals surface area contributed by atoms with Gasteiger partial charge in [-0.2, -0.15) is 0 Å². The molecule has 1 aromatic heterocycles. The van der Waals surface area contributed by atoms with E-state index in [1.54, 1.807) is 0 Å². The van der Waals surface area contributed by atoms with Crippen LogP contribution in [-0.2, 0) is 0 Å². The number of benzene rings is 11. The maximum Gasteiger partial charge on any atom is 0.164 e. The number of rotatable bonds is 6. The van der Waals surface area contributed by atoms with Gasteiger partial charge in [0.25, 0.3) is 0 Å². The maximum absolute atomic E-state index is 5.13. The predicted octanol–water partition coefficient (Wildman–Crippen LogP) is 16.1. The van der Waals surface area contributed by atoms with Crippen molar-refractivity contribution in [1.29, 1.82) is 0 Å².